The highest BCUT2D eigenvalue weighted by atomic mass is 19.4. The van der Waals surface area contributed by atoms with Gasteiger partial charge in [-0.3, -0.25) is 0 Å². The Morgan fingerprint density at radius 1 is 1.35 bits per heavy atom. The van der Waals surface area contributed by atoms with Gasteiger partial charge in [0.1, 0.15) is 0 Å². The number of aryl methyl sites for hydroxylation is 1. The molecule has 5 nitrogen and oxygen atoms in total. The van der Waals surface area contributed by atoms with E-state index >= 15 is 0 Å². The van der Waals surface area contributed by atoms with Crippen LogP contribution in [0.25, 0.3) is 5.82 Å². The van der Waals surface area contributed by atoms with Gasteiger partial charge in [0.2, 0.25) is 5.95 Å². The largest absolute Gasteiger partial charge is 0.435 e. The Hall–Kier alpha value is -2.12. The highest BCUT2D eigenvalue weighted by Gasteiger charge is 2.33. The fourth-order valence-electron chi connectivity index (χ4n) is 1.27. The molecule has 2 aromatic rings. The average Bonchev–Trinajstić information content (AvgIpc) is 2.70. The molecule has 2 N–H and O–H groups in total. The highest BCUT2D eigenvalue weighted by molar-refractivity contribution is 5.35. The Morgan fingerprint density at radius 2 is 2.06 bits per heavy atom. The quantitative estimate of drug-likeness (QED) is 0.825. The third-order valence-corrected chi connectivity index (χ3v) is 2.06. The first-order chi connectivity index (χ1) is 7.88. The van der Waals surface area contributed by atoms with E-state index in [2.05, 4.69) is 15.1 Å². The second-order valence-corrected chi connectivity index (χ2v) is 3.38. The van der Waals surface area contributed by atoms with Gasteiger partial charge in [-0.25, -0.2) is 9.67 Å². The number of hydrogen-bond acceptors (Lipinski definition) is 4. The molecule has 8 heteroatoms. The first-order valence-corrected chi connectivity index (χ1v) is 4.60. The van der Waals surface area contributed by atoms with E-state index in [9.17, 15) is 13.2 Å². The van der Waals surface area contributed by atoms with Gasteiger partial charge in [-0.05, 0) is 13.0 Å². The molecule has 0 bridgehead atoms. The Balaban J connectivity index is 2.47. The minimum atomic E-state index is -4.47. The maximum absolute atomic E-state index is 12.4. The number of nitrogen functional groups attached to an aromatic ring is 1. The van der Waals surface area contributed by atoms with E-state index in [0.29, 0.717) is 5.56 Å². The normalized spacial score (nSPS) is 11.8. The SMILES string of the molecule is Cc1cnc(N)nc1-n1ccc(C(F)(F)F)n1. The van der Waals surface area contributed by atoms with Gasteiger partial charge < -0.3 is 5.73 Å². The molecule has 0 saturated carbocycles. The molecule has 0 aliphatic heterocycles. The van der Waals surface area contributed by atoms with E-state index in [0.717, 1.165) is 10.7 Å². The lowest BCUT2D eigenvalue weighted by molar-refractivity contribution is -0.141. The van der Waals surface area contributed by atoms with Crippen molar-refractivity contribution in [2.24, 2.45) is 0 Å². The first-order valence-electron chi connectivity index (χ1n) is 4.60. The maximum atomic E-state index is 12.4. The Bertz CT molecular complexity index is 546. The Kier molecular flexibility index (Phi) is 2.49. The molecule has 0 fully saturated rings. The minimum Gasteiger partial charge on any atom is -0.368 e. The molecule has 90 valence electrons. The number of nitrogens with two attached hydrogens (primary N) is 1. The van der Waals surface area contributed by atoms with Crippen molar-refractivity contribution < 1.29 is 13.2 Å². The molecule has 0 aromatic carbocycles. The lowest BCUT2D eigenvalue weighted by atomic mass is 10.3. The van der Waals surface area contributed by atoms with Crippen molar-refractivity contribution in [3.8, 4) is 5.82 Å². The predicted molar refractivity (Wildman–Crippen MR) is 53.3 cm³/mol. The molecule has 17 heavy (non-hydrogen) atoms. The second kappa shape index (κ2) is 3.72. The molecule has 0 amide bonds. The van der Waals surface area contributed by atoms with Gasteiger partial charge in [-0.15, -0.1) is 0 Å². The smallest absolute Gasteiger partial charge is 0.368 e. The molecule has 0 atom stereocenters. The van der Waals surface area contributed by atoms with E-state index in [1.165, 1.54) is 12.4 Å². The lowest BCUT2D eigenvalue weighted by Crippen LogP contribution is -2.09. The Labute approximate surface area is 94.1 Å². The van der Waals surface area contributed by atoms with Gasteiger partial charge in [0.15, 0.2) is 11.5 Å². The molecule has 0 saturated heterocycles. The topological polar surface area (TPSA) is 69.6 Å². The molecule has 0 aliphatic rings. The predicted octanol–water partition coefficient (Wildman–Crippen LogP) is 1.57. The molecule has 2 heterocycles. The molecule has 0 spiro atoms. The van der Waals surface area contributed by atoms with Crippen LogP contribution in [-0.2, 0) is 6.18 Å². The van der Waals surface area contributed by atoms with Crippen LogP contribution in [0.15, 0.2) is 18.5 Å². The van der Waals surface area contributed by atoms with Crippen molar-refractivity contribution in [2.45, 2.75) is 13.1 Å². The summed E-state index contributed by atoms with van der Waals surface area (Å²) in [6, 6.07) is 0.873. The summed E-state index contributed by atoms with van der Waals surface area (Å²) >= 11 is 0. The number of anilines is 1. The van der Waals surface area contributed by atoms with Crippen LogP contribution in [0.2, 0.25) is 0 Å². The summed E-state index contributed by atoms with van der Waals surface area (Å²) in [5, 5.41) is 3.40. The van der Waals surface area contributed by atoms with Crippen molar-refractivity contribution >= 4 is 5.95 Å². The van der Waals surface area contributed by atoms with Gasteiger partial charge in [0.25, 0.3) is 0 Å². The fraction of sp³-hybridized carbons (Fsp3) is 0.222. The van der Waals surface area contributed by atoms with Gasteiger partial charge in [0.05, 0.1) is 0 Å². The van der Waals surface area contributed by atoms with E-state index < -0.39 is 11.9 Å². The molecule has 0 unspecified atom stereocenters. The van der Waals surface area contributed by atoms with Crippen LogP contribution >= 0.6 is 0 Å². The van der Waals surface area contributed by atoms with Crippen LogP contribution in [0.3, 0.4) is 0 Å². The standard InChI is InChI=1S/C9H8F3N5/c1-5-4-14-8(13)15-7(5)17-3-2-6(16-17)9(10,11)12/h2-4H,1H3,(H2,13,14,15). The van der Waals surface area contributed by atoms with Crippen LogP contribution < -0.4 is 5.73 Å². The Morgan fingerprint density at radius 3 is 2.65 bits per heavy atom. The third kappa shape index (κ3) is 2.19. The van der Waals surface area contributed by atoms with E-state index in [4.69, 9.17) is 5.73 Å². The number of rotatable bonds is 1. The van der Waals surface area contributed by atoms with Gasteiger partial charge in [-0.1, -0.05) is 0 Å². The van der Waals surface area contributed by atoms with E-state index in [-0.39, 0.29) is 11.8 Å². The lowest BCUT2D eigenvalue weighted by Gasteiger charge is -2.05. The van der Waals surface area contributed by atoms with Crippen molar-refractivity contribution in [1.82, 2.24) is 19.7 Å². The van der Waals surface area contributed by atoms with Crippen molar-refractivity contribution in [3.63, 3.8) is 0 Å². The van der Waals surface area contributed by atoms with Crippen LogP contribution in [0.4, 0.5) is 19.1 Å². The van der Waals surface area contributed by atoms with Crippen LogP contribution in [0, 0.1) is 6.92 Å². The van der Waals surface area contributed by atoms with E-state index in [1.54, 1.807) is 6.92 Å². The van der Waals surface area contributed by atoms with Crippen molar-refractivity contribution in [2.75, 3.05) is 5.73 Å². The monoisotopic (exact) mass is 243 g/mol. The van der Waals surface area contributed by atoms with Crippen LogP contribution in [0.1, 0.15) is 11.3 Å². The summed E-state index contributed by atoms with van der Waals surface area (Å²) in [5.74, 6) is 0.211. The summed E-state index contributed by atoms with van der Waals surface area (Å²) in [6.45, 7) is 1.66. The molecule has 0 aliphatic carbocycles. The summed E-state index contributed by atoms with van der Waals surface area (Å²) < 4.78 is 38.1. The number of aromatic nitrogens is 4. The zero-order valence-corrected chi connectivity index (χ0v) is 8.73. The summed E-state index contributed by atoms with van der Waals surface area (Å²) in [6.07, 6.45) is -1.87. The molecule has 2 rings (SSSR count). The summed E-state index contributed by atoms with van der Waals surface area (Å²) in [5.41, 5.74) is 4.97. The number of alkyl halides is 3. The minimum absolute atomic E-state index is 0.0188. The van der Waals surface area contributed by atoms with Crippen LogP contribution in [0.5, 0.6) is 0 Å². The molecular weight excluding hydrogens is 235 g/mol. The second-order valence-electron chi connectivity index (χ2n) is 3.38. The summed E-state index contributed by atoms with van der Waals surface area (Å²) in [7, 11) is 0. The zero-order valence-electron chi connectivity index (χ0n) is 8.73. The first kappa shape index (κ1) is 11.4. The third-order valence-electron chi connectivity index (χ3n) is 2.06. The maximum Gasteiger partial charge on any atom is 0.435 e. The number of halogens is 3. The summed E-state index contributed by atoms with van der Waals surface area (Å²) in [4.78, 5) is 7.56. The van der Waals surface area contributed by atoms with Crippen molar-refractivity contribution in [1.29, 1.82) is 0 Å². The van der Waals surface area contributed by atoms with Gasteiger partial charge >= 0.3 is 6.18 Å². The molecule has 0 radical (unpaired) electrons. The average molecular weight is 243 g/mol. The number of hydrogen-bond donors (Lipinski definition) is 1. The van der Waals surface area contributed by atoms with Crippen LogP contribution in [-0.4, -0.2) is 19.7 Å². The fourth-order valence-corrected chi connectivity index (χ4v) is 1.27. The van der Waals surface area contributed by atoms with Gasteiger partial charge in [0, 0.05) is 18.0 Å². The highest BCUT2D eigenvalue weighted by Crippen LogP contribution is 2.27. The molecular formula is C9H8F3N5. The zero-order chi connectivity index (χ0) is 12.6. The van der Waals surface area contributed by atoms with Crippen molar-refractivity contribution in [3.05, 3.63) is 29.7 Å². The number of nitrogens with zero attached hydrogens (tertiary/aromatic N) is 4. The molecule has 2 aromatic heterocycles. The van der Waals surface area contributed by atoms with Gasteiger partial charge in [-0.2, -0.15) is 23.3 Å². The van der Waals surface area contributed by atoms with E-state index in [1.807, 2.05) is 0 Å².